The van der Waals surface area contributed by atoms with Crippen LogP contribution in [0.25, 0.3) is 0 Å². The molecule has 8 nitrogen and oxygen atoms in total. The molecule has 2 aliphatic carbocycles. The number of hydrogen-bond acceptors (Lipinski definition) is 5. The summed E-state index contributed by atoms with van der Waals surface area (Å²) >= 11 is 0. The molecule has 0 spiro atoms. The van der Waals surface area contributed by atoms with Gasteiger partial charge < -0.3 is 15.0 Å². The maximum atomic E-state index is 12.6. The molecular formula is C18H27N5O3. The maximum Gasteiger partial charge on any atom is 0.322 e. The van der Waals surface area contributed by atoms with Crippen LogP contribution in [0, 0.1) is 24.7 Å². The molecule has 2 saturated carbocycles. The van der Waals surface area contributed by atoms with Gasteiger partial charge in [0.25, 0.3) is 0 Å². The molecule has 1 aromatic rings. The Balaban J connectivity index is 1.39. The van der Waals surface area contributed by atoms with Crippen molar-refractivity contribution in [3.8, 4) is 0 Å². The molecule has 26 heavy (non-hydrogen) atoms. The van der Waals surface area contributed by atoms with Crippen molar-refractivity contribution in [3.63, 3.8) is 0 Å². The van der Waals surface area contributed by atoms with Gasteiger partial charge >= 0.3 is 5.97 Å². The van der Waals surface area contributed by atoms with Crippen LogP contribution < -0.4 is 5.32 Å². The summed E-state index contributed by atoms with van der Waals surface area (Å²) in [6, 6.07) is -0.586. The fourth-order valence-corrected chi connectivity index (χ4v) is 5.26. The van der Waals surface area contributed by atoms with Gasteiger partial charge in [-0.25, -0.2) is 0 Å². The Morgan fingerprint density at radius 2 is 2.12 bits per heavy atom. The van der Waals surface area contributed by atoms with Crippen molar-refractivity contribution >= 4 is 11.9 Å². The minimum absolute atomic E-state index is 0.0774. The zero-order valence-corrected chi connectivity index (χ0v) is 15.4. The van der Waals surface area contributed by atoms with Crippen molar-refractivity contribution < 1.29 is 14.7 Å². The predicted octanol–water partition coefficient (Wildman–Crippen LogP) is 0.796. The highest BCUT2D eigenvalue weighted by Gasteiger charge is 2.42. The number of carboxylic acids is 1. The van der Waals surface area contributed by atoms with Gasteiger partial charge in [-0.05, 0) is 50.9 Å². The quantitative estimate of drug-likeness (QED) is 0.804. The lowest BCUT2D eigenvalue weighted by Gasteiger charge is -2.34. The number of fused-ring (bicyclic) bond motifs is 3. The topological polar surface area (TPSA) is 100 Å². The van der Waals surface area contributed by atoms with Gasteiger partial charge in [-0.15, -0.1) is 10.2 Å². The number of carbonyl (C=O) groups is 2. The first-order chi connectivity index (χ1) is 12.4. The molecule has 3 aliphatic rings. The standard InChI is InChI=1S/C18H27N5O3/c1-10(14-6-12-3-4-13(14)5-12)19-17(24)9-22-8-16-21-20-11(2)23(16)7-15(22)18(25)26/h10,12-15H,3-9H2,1-2H3,(H,19,24)(H,25,26). The van der Waals surface area contributed by atoms with Gasteiger partial charge in [-0.2, -0.15) is 0 Å². The van der Waals surface area contributed by atoms with E-state index in [-0.39, 0.29) is 25.0 Å². The van der Waals surface area contributed by atoms with Crippen molar-refractivity contribution in [2.24, 2.45) is 17.8 Å². The number of aromatic nitrogens is 3. The van der Waals surface area contributed by atoms with E-state index in [9.17, 15) is 14.7 Å². The van der Waals surface area contributed by atoms with Crippen LogP contribution >= 0.6 is 0 Å². The number of rotatable bonds is 5. The van der Waals surface area contributed by atoms with Gasteiger partial charge in [0.2, 0.25) is 5.91 Å². The molecule has 8 heteroatoms. The monoisotopic (exact) mass is 361 g/mol. The van der Waals surface area contributed by atoms with E-state index in [1.54, 1.807) is 4.90 Å². The largest absolute Gasteiger partial charge is 0.480 e. The number of aryl methyl sites for hydroxylation is 1. The highest BCUT2D eigenvalue weighted by Crippen LogP contribution is 2.49. The lowest BCUT2D eigenvalue weighted by molar-refractivity contribution is -0.145. The van der Waals surface area contributed by atoms with Crippen LogP contribution in [0.3, 0.4) is 0 Å². The first kappa shape index (κ1) is 17.5. The van der Waals surface area contributed by atoms with Crippen LogP contribution in [0.1, 0.15) is 44.3 Å². The maximum absolute atomic E-state index is 12.6. The molecule has 2 fully saturated rings. The molecule has 2 bridgehead atoms. The van der Waals surface area contributed by atoms with Crippen LogP contribution in [0.15, 0.2) is 0 Å². The summed E-state index contributed by atoms with van der Waals surface area (Å²) in [7, 11) is 0. The second kappa shape index (κ2) is 6.64. The Hall–Kier alpha value is -1.96. The van der Waals surface area contributed by atoms with E-state index in [4.69, 9.17) is 0 Å². The van der Waals surface area contributed by atoms with Crippen LogP contribution in [-0.2, 0) is 22.7 Å². The smallest absolute Gasteiger partial charge is 0.322 e. The van der Waals surface area contributed by atoms with Crippen molar-refractivity contribution in [2.75, 3.05) is 6.54 Å². The molecule has 1 amide bonds. The van der Waals surface area contributed by atoms with E-state index < -0.39 is 12.0 Å². The van der Waals surface area contributed by atoms with Crippen LogP contribution in [0.4, 0.5) is 0 Å². The number of amides is 1. The van der Waals surface area contributed by atoms with E-state index in [0.717, 1.165) is 11.8 Å². The Morgan fingerprint density at radius 1 is 1.31 bits per heavy atom. The first-order valence-corrected chi connectivity index (χ1v) is 9.57. The van der Waals surface area contributed by atoms with Gasteiger partial charge in [-0.1, -0.05) is 6.42 Å². The summed E-state index contributed by atoms with van der Waals surface area (Å²) in [5.74, 6) is 2.57. The Labute approximate surface area is 153 Å². The summed E-state index contributed by atoms with van der Waals surface area (Å²) in [6.45, 7) is 4.59. The average Bonchev–Trinajstić information content (AvgIpc) is 3.30. The number of nitrogens with zero attached hydrogens (tertiary/aromatic N) is 4. The fourth-order valence-electron chi connectivity index (χ4n) is 5.26. The summed E-state index contributed by atoms with van der Waals surface area (Å²) in [6.07, 6.45) is 5.16. The molecule has 4 rings (SSSR count). The molecule has 2 heterocycles. The van der Waals surface area contributed by atoms with Crippen molar-refractivity contribution in [1.82, 2.24) is 25.0 Å². The lowest BCUT2D eigenvalue weighted by Crippen LogP contribution is -2.52. The van der Waals surface area contributed by atoms with E-state index in [1.807, 2.05) is 11.5 Å². The number of aliphatic carboxylic acids is 1. The number of hydrogen-bond donors (Lipinski definition) is 2. The molecule has 0 aromatic carbocycles. The Bertz CT molecular complexity index is 718. The van der Waals surface area contributed by atoms with Gasteiger partial charge in [0.15, 0.2) is 0 Å². The molecule has 1 aromatic heterocycles. The number of carbonyl (C=O) groups excluding carboxylic acids is 1. The Kier molecular flexibility index (Phi) is 4.46. The zero-order chi connectivity index (χ0) is 18.4. The van der Waals surface area contributed by atoms with Gasteiger partial charge in [0.05, 0.1) is 19.6 Å². The molecule has 2 N–H and O–H groups in total. The SMILES string of the molecule is Cc1nnc2n1CC(C(=O)O)N(CC(=O)NC(C)C1CC3CCC1C3)C2. The average molecular weight is 361 g/mol. The van der Waals surface area contributed by atoms with Crippen LogP contribution in [-0.4, -0.2) is 55.3 Å². The predicted molar refractivity (Wildman–Crippen MR) is 93.1 cm³/mol. The number of nitrogens with one attached hydrogen (secondary N) is 1. The second-order valence-electron chi connectivity index (χ2n) is 8.23. The third-order valence-corrected chi connectivity index (χ3v) is 6.61. The van der Waals surface area contributed by atoms with Gasteiger partial charge in [0.1, 0.15) is 17.7 Å². The summed E-state index contributed by atoms with van der Waals surface area (Å²) < 4.78 is 1.82. The van der Waals surface area contributed by atoms with Crippen molar-refractivity contribution in [1.29, 1.82) is 0 Å². The van der Waals surface area contributed by atoms with E-state index in [0.29, 0.717) is 24.1 Å². The van der Waals surface area contributed by atoms with Crippen molar-refractivity contribution in [2.45, 2.75) is 64.7 Å². The molecule has 5 unspecified atom stereocenters. The molecule has 0 radical (unpaired) electrons. The van der Waals surface area contributed by atoms with E-state index >= 15 is 0 Å². The summed E-state index contributed by atoms with van der Waals surface area (Å²) in [4.78, 5) is 26.0. The highest BCUT2D eigenvalue weighted by atomic mass is 16.4. The molecule has 1 aliphatic heterocycles. The molecule has 0 saturated heterocycles. The minimum Gasteiger partial charge on any atom is -0.480 e. The van der Waals surface area contributed by atoms with Gasteiger partial charge in [0, 0.05) is 6.04 Å². The summed E-state index contributed by atoms with van der Waals surface area (Å²) in [5.41, 5.74) is 0. The second-order valence-corrected chi connectivity index (χ2v) is 8.23. The van der Waals surface area contributed by atoms with Crippen molar-refractivity contribution in [3.05, 3.63) is 11.6 Å². The molecule has 5 atom stereocenters. The fraction of sp³-hybridized carbons (Fsp3) is 0.778. The normalized spacial score (nSPS) is 31.6. The summed E-state index contributed by atoms with van der Waals surface area (Å²) in [5, 5.41) is 20.8. The first-order valence-electron chi connectivity index (χ1n) is 9.57. The van der Waals surface area contributed by atoms with E-state index in [1.165, 1.54) is 25.7 Å². The third kappa shape index (κ3) is 3.11. The highest BCUT2D eigenvalue weighted by molar-refractivity contribution is 5.80. The number of carboxylic acid groups (broad SMARTS) is 1. The molecular weight excluding hydrogens is 334 g/mol. The Morgan fingerprint density at radius 3 is 2.77 bits per heavy atom. The van der Waals surface area contributed by atoms with Gasteiger partial charge in [-0.3, -0.25) is 14.5 Å². The van der Waals surface area contributed by atoms with Crippen LogP contribution in [0.5, 0.6) is 0 Å². The van der Waals surface area contributed by atoms with E-state index in [2.05, 4.69) is 22.4 Å². The third-order valence-electron chi connectivity index (χ3n) is 6.61. The minimum atomic E-state index is -0.919. The molecule has 142 valence electrons. The van der Waals surface area contributed by atoms with Crippen LogP contribution in [0.2, 0.25) is 0 Å². The lowest BCUT2D eigenvalue weighted by atomic mass is 9.84. The zero-order valence-electron chi connectivity index (χ0n) is 15.4.